The third-order valence-corrected chi connectivity index (χ3v) is 3.66. The second-order valence-corrected chi connectivity index (χ2v) is 4.74. The molecule has 0 aromatic carbocycles. The number of aliphatic carboxylic acids is 1. The van der Waals surface area contributed by atoms with Gasteiger partial charge in [0.25, 0.3) is 6.43 Å². The van der Waals surface area contributed by atoms with Crippen molar-refractivity contribution in [2.45, 2.75) is 38.2 Å². The highest BCUT2D eigenvalue weighted by atomic mass is 19.3. The molecule has 1 aromatic heterocycles. The van der Waals surface area contributed by atoms with Gasteiger partial charge in [-0.2, -0.15) is 5.10 Å². The monoisotopic (exact) mass is 242 g/mol. The largest absolute Gasteiger partial charge is 0.480 e. The first-order chi connectivity index (χ1) is 8.08. The van der Waals surface area contributed by atoms with Crippen LogP contribution in [0.4, 0.5) is 8.78 Å². The van der Waals surface area contributed by atoms with E-state index in [0.29, 0.717) is 17.9 Å². The zero-order chi connectivity index (χ0) is 12.2. The lowest BCUT2D eigenvalue weighted by molar-refractivity contribution is -0.137. The zero-order valence-corrected chi connectivity index (χ0v) is 9.07. The van der Waals surface area contributed by atoms with Crippen molar-refractivity contribution in [3.8, 4) is 0 Å². The van der Waals surface area contributed by atoms with Crippen molar-refractivity contribution in [1.29, 1.82) is 0 Å². The topological polar surface area (TPSA) is 55.1 Å². The number of carbonyl (C=O) groups is 1. The van der Waals surface area contributed by atoms with Gasteiger partial charge in [0.2, 0.25) is 0 Å². The number of hydrogen-bond donors (Lipinski definition) is 1. The highest BCUT2D eigenvalue weighted by Crippen LogP contribution is 2.55. The number of carboxylic acids is 1. The maximum atomic E-state index is 12.8. The summed E-state index contributed by atoms with van der Waals surface area (Å²) in [5.41, 5.74) is 1.13. The van der Waals surface area contributed by atoms with E-state index in [-0.39, 0.29) is 18.2 Å². The molecule has 3 rings (SSSR count). The summed E-state index contributed by atoms with van der Waals surface area (Å²) in [7, 11) is 0. The molecule has 2 aliphatic rings. The van der Waals surface area contributed by atoms with Crippen molar-refractivity contribution >= 4 is 5.97 Å². The summed E-state index contributed by atoms with van der Waals surface area (Å²) in [6, 6.07) is 0. The van der Waals surface area contributed by atoms with Crippen LogP contribution in [0.15, 0.2) is 0 Å². The number of aromatic nitrogens is 2. The number of hydrogen-bond acceptors (Lipinski definition) is 2. The Hall–Kier alpha value is -1.46. The molecule has 92 valence electrons. The molecule has 1 saturated carbocycles. The predicted molar refractivity (Wildman–Crippen MR) is 54.0 cm³/mol. The summed E-state index contributed by atoms with van der Waals surface area (Å²) in [4.78, 5) is 10.7. The molecule has 0 aliphatic heterocycles. The first kappa shape index (κ1) is 10.7. The number of alkyl halides is 2. The lowest BCUT2D eigenvalue weighted by Gasteiger charge is -2.12. The van der Waals surface area contributed by atoms with E-state index in [1.54, 1.807) is 0 Å². The van der Waals surface area contributed by atoms with Crippen LogP contribution in [0.3, 0.4) is 0 Å². The Morgan fingerprint density at radius 2 is 2.35 bits per heavy atom. The van der Waals surface area contributed by atoms with Crippen molar-refractivity contribution in [3.63, 3.8) is 0 Å². The summed E-state index contributed by atoms with van der Waals surface area (Å²) < 4.78 is 26.9. The molecular formula is C11H12F2N2O2. The zero-order valence-electron chi connectivity index (χ0n) is 9.07. The van der Waals surface area contributed by atoms with Crippen molar-refractivity contribution < 1.29 is 18.7 Å². The van der Waals surface area contributed by atoms with Gasteiger partial charge < -0.3 is 5.11 Å². The molecule has 1 N–H and O–H groups in total. The average Bonchev–Trinajstić information content (AvgIpc) is 2.94. The molecule has 6 heteroatoms. The molecule has 0 saturated heterocycles. The van der Waals surface area contributed by atoms with Gasteiger partial charge in [0, 0.05) is 17.2 Å². The van der Waals surface area contributed by atoms with Crippen LogP contribution in [-0.2, 0) is 17.8 Å². The molecule has 0 radical (unpaired) electrons. The first-order valence-electron chi connectivity index (χ1n) is 5.67. The van der Waals surface area contributed by atoms with Crippen LogP contribution in [-0.4, -0.2) is 20.9 Å². The fraction of sp³-hybridized carbons (Fsp3) is 0.636. The van der Waals surface area contributed by atoms with Gasteiger partial charge in [0.05, 0.1) is 0 Å². The van der Waals surface area contributed by atoms with Crippen molar-refractivity contribution in [3.05, 3.63) is 17.0 Å². The SMILES string of the molecule is O=C(O)Cn1nc(C(F)F)c2c1[C@@H]1C[C@H]1CC2. The minimum absolute atomic E-state index is 0.216. The molecule has 1 fully saturated rings. The van der Waals surface area contributed by atoms with Crippen molar-refractivity contribution in [2.24, 2.45) is 5.92 Å². The maximum Gasteiger partial charge on any atom is 0.325 e. The minimum atomic E-state index is -2.62. The van der Waals surface area contributed by atoms with Crippen LogP contribution in [0.5, 0.6) is 0 Å². The van der Waals surface area contributed by atoms with Crippen LogP contribution >= 0.6 is 0 Å². The molecule has 2 atom stereocenters. The van der Waals surface area contributed by atoms with Gasteiger partial charge in [0.15, 0.2) is 0 Å². The Labute approximate surface area is 96.2 Å². The predicted octanol–water partition coefficient (Wildman–Crippen LogP) is 1.96. The molecule has 17 heavy (non-hydrogen) atoms. The molecule has 1 heterocycles. The number of nitrogens with zero attached hydrogens (tertiary/aromatic N) is 2. The molecule has 1 aromatic rings. The molecule has 0 bridgehead atoms. The van der Waals surface area contributed by atoms with Crippen LogP contribution < -0.4 is 0 Å². The fourth-order valence-electron chi connectivity index (χ4n) is 2.86. The van der Waals surface area contributed by atoms with Crippen LogP contribution in [0.2, 0.25) is 0 Å². The van der Waals surface area contributed by atoms with Gasteiger partial charge in [-0.1, -0.05) is 0 Å². The Balaban J connectivity index is 2.06. The van der Waals surface area contributed by atoms with Gasteiger partial charge in [-0.3, -0.25) is 9.48 Å². The highest BCUT2D eigenvalue weighted by Gasteiger charge is 2.46. The van der Waals surface area contributed by atoms with E-state index in [4.69, 9.17) is 5.11 Å². The Kier molecular flexibility index (Phi) is 2.21. The second kappa shape index (κ2) is 3.51. The first-order valence-corrected chi connectivity index (χ1v) is 5.67. The second-order valence-electron chi connectivity index (χ2n) is 4.74. The van der Waals surface area contributed by atoms with E-state index >= 15 is 0 Å². The van der Waals surface area contributed by atoms with Gasteiger partial charge >= 0.3 is 5.97 Å². The summed E-state index contributed by atoms with van der Waals surface area (Å²) in [5.74, 6) is -0.228. The van der Waals surface area contributed by atoms with E-state index in [2.05, 4.69) is 5.10 Å². The molecule has 0 spiro atoms. The van der Waals surface area contributed by atoms with E-state index in [1.165, 1.54) is 4.68 Å². The lowest BCUT2D eigenvalue weighted by atomic mass is 9.96. The Morgan fingerprint density at radius 1 is 1.59 bits per heavy atom. The van der Waals surface area contributed by atoms with Gasteiger partial charge in [-0.25, -0.2) is 8.78 Å². The van der Waals surface area contributed by atoms with Crippen LogP contribution in [0.25, 0.3) is 0 Å². The summed E-state index contributed by atoms with van der Waals surface area (Å²) in [5, 5.41) is 12.6. The van der Waals surface area contributed by atoms with E-state index in [1.807, 2.05) is 0 Å². The Morgan fingerprint density at radius 3 is 3.00 bits per heavy atom. The quantitative estimate of drug-likeness (QED) is 0.881. The standard InChI is InChI=1S/C11H12F2N2O2/c12-11(13)9-6-2-1-5-3-7(5)10(6)15(14-9)4-8(16)17/h5,7,11H,1-4H2,(H,16,17)/t5-,7-/m1/s1. The molecule has 2 aliphatic carbocycles. The smallest absolute Gasteiger partial charge is 0.325 e. The molecule has 0 amide bonds. The third kappa shape index (κ3) is 1.62. The van der Waals surface area contributed by atoms with Gasteiger partial charge in [-0.15, -0.1) is 0 Å². The Bertz CT molecular complexity index is 484. The lowest BCUT2D eigenvalue weighted by Crippen LogP contribution is -2.14. The minimum Gasteiger partial charge on any atom is -0.480 e. The number of fused-ring (bicyclic) bond motifs is 3. The highest BCUT2D eigenvalue weighted by molar-refractivity contribution is 5.66. The summed E-state index contributed by atoms with van der Waals surface area (Å²) >= 11 is 0. The molecular weight excluding hydrogens is 230 g/mol. The van der Waals surface area contributed by atoms with Crippen molar-refractivity contribution in [1.82, 2.24) is 9.78 Å². The van der Waals surface area contributed by atoms with E-state index in [9.17, 15) is 13.6 Å². The average molecular weight is 242 g/mol. The molecule has 0 unspecified atom stereocenters. The maximum absolute atomic E-state index is 12.8. The van der Waals surface area contributed by atoms with Crippen LogP contribution in [0.1, 0.15) is 42.1 Å². The van der Waals surface area contributed by atoms with Crippen molar-refractivity contribution in [2.75, 3.05) is 0 Å². The number of rotatable bonds is 3. The van der Waals surface area contributed by atoms with Gasteiger partial charge in [0.1, 0.15) is 12.2 Å². The third-order valence-electron chi connectivity index (χ3n) is 3.66. The summed E-state index contributed by atoms with van der Waals surface area (Å²) in [6.45, 7) is -0.321. The molecule has 4 nitrogen and oxygen atoms in total. The van der Waals surface area contributed by atoms with E-state index < -0.39 is 12.4 Å². The number of halogens is 2. The normalized spacial score (nSPS) is 25.6. The fourth-order valence-corrected chi connectivity index (χ4v) is 2.86. The summed E-state index contributed by atoms with van der Waals surface area (Å²) in [6.07, 6.45) is -0.0958. The number of carboxylic acid groups (broad SMARTS) is 1. The van der Waals surface area contributed by atoms with Crippen LogP contribution in [0, 0.1) is 5.92 Å². The van der Waals surface area contributed by atoms with E-state index in [0.717, 1.165) is 18.5 Å². The van der Waals surface area contributed by atoms with Gasteiger partial charge in [-0.05, 0) is 25.2 Å².